The fourth-order valence-corrected chi connectivity index (χ4v) is 2.99. The van der Waals surface area contributed by atoms with Crippen molar-refractivity contribution in [3.8, 4) is 0 Å². The van der Waals surface area contributed by atoms with Crippen LogP contribution in [0.25, 0.3) is 10.3 Å². The quantitative estimate of drug-likeness (QED) is 0.283. The molecular weight excluding hydrogens is 394 g/mol. The number of aromatic amines is 1. The molecule has 0 aliphatic carbocycles. The van der Waals surface area contributed by atoms with Crippen LogP contribution in [0.15, 0.2) is 9.59 Å². The highest BCUT2D eigenvalue weighted by Crippen LogP contribution is 2.12. The number of anilines is 1. The molecule has 0 amide bonds. The maximum absolute atomic E-state index is 12.1. The molecular formula is C15H23N5O7S. The topological polar surface area (TPSA) is 196 Å². The molecule has 13 heteroatoms. The Morgan fingerprint density at radius 1 is 1.39 bits per heavy atom. The van der Waals surface area contributed by atoms with Crippen LogP contribution in [0.4, 0.5) is 5.95 Å². The second-order valence-corrected chi connectivity index (χ2v) is 7.35. The van der Waals surface area contributed by atoms with Gasteiger partial charge in [-0.2, -0.15) is 4.98 Å². The fraction of sp³-hybridized carbons (Fsp3) is 0.600. The Morgan fingerprint density at radius 2 is 2.07 bits per heavy atom. The van der Waals surface area contributed by atoms with Crippen LogP contribution in [-0.4, -0.2) is 62.2 Å². The van der Waals surface area contributed by atoms with E-state index in [0.29, 0.717) is 11.3 Å². The summed E-state index contributed by atoms with van der Waals surface area (Å²) in [6.45, 7) is 2.02. The second-order valence-electron chi connectivity index (χ2n) is 6.38. The molecule has 0 saturated heterocycles. The average Bonchev–Trinajstić information content (AvgIpc) is 2.96. The Bertz CT molecular complexity index is 937. The number of aromatic nitrogens is 3. The van der Waals surface area contributed by atoms with Crippen molar-refractivity contribution < 1.29 is 24.5 Å². The highest BCUT2D eigenvalue weighted by molar-refractivity contribution is 7.16. The van der Waals surface area contributed by atoms with Crippen LogP contribution < -0.4 is 21.9 Å². The first-order valence-electron chi connectivity index (χ1n) is 8.37. The molecule has 0 saturated carbocycles. The minimum absolute atomic E-state index is 0.0207. The number of hydrogen-bond donors (Lipinski definition) is 5. The van der Waals surface area contributed by atoms with Crippen LogP contribution in [-0.2, 0) is 21.0 Å². The molecule has 28 heavy (non-hydrogen) atoms. The Balaban J connectivity index is 2.15. The number of aliphatic hydroxyl groups excluding tert-OH is 2. The highest BCUT2D eigenvalue weighted by Gasteiger charge is 2.25. The van der Waals surface area contributed by atoms with Gasteiger partial charge in [-0.05, 0) is 5.92 Å². The molecule has 12 nitrogen and oxygen atoms in total. The van der Waals surface area contributed by atoms with E-state index in [9.17, 15) is 24.6 Å². The second kappa shape index (κ2) is 9.25. The van der Waals surface area contributed by atoms with Gasteiger partial charge in [-0.3, -0.25) is 23.9 Å². The van der Waals surface area contributed by atoms with Crippen LogP contribution in [0.1, 0.15) is 13.8 Å². The van der Waals surface area contributed by atoms with Gasteiger partial charge in [-0.15, -0.1) is 0 Å². The molecule has 0 unspecified atom stereocenters. The summed E-state index contributed by atoms with van der Waals surface area (Å²) in [5.74, 6) is -1.01. The maximum Gasteiger partial charge on any atom is 0.323 e. The van der Waals surface area contributed by atoms with E-state index >= 15 is 0 Å². The lowest BCUT2D eigenvalue weighted by molar-refractivity contribution is -0.158. The zero-order chi connectivity index (χ0) is 21.0. The van der Waals surface area contributed by atoms with Crippen LogP contribution >= 0.6 is 11.3 Å². The monoisotopic (exact) mass is 417 g/mol. The molecule has 156 valence electrons. The summed E-state index contributed by atoms with van der Waals surface area (Å²) in [4.78, 5) is 41.5. The minimum Gasteiger partial charge on any atom is -0.462 e. The number of nitrogens with two attached hydrogens (primary N) is 2. The molecule has 2 aromatic heterocycles. The van der Waals surface area contributed by atoms with Crippen LogP contribution in [0.2, 0.25) is 0 Å². The van der Waals surface area contributed by atoms with Crippen molar-refractivity contribution in [2.24, 2.45) is 11.7 Å². The van der Waals surface area contributed by atoms with Gasteiger partial charge in [0.2, 0.25) is 5.95 Å². The number of fused-ring (bicyclic) bond motifs is 1. The van der Waals surface area contributed by atoms with E-state index in [1.807, 2.05) is 0 Å². The number of aliphatic hydroxyl groups is 2. The number of ether oxygens (including phenoxy) is 2. The molecule has 0 spiro atoms. The predicted molar refractivity (Wildman–Crippen MR) is 101 cm³/mol. The summed E-state index contributed by atoms with van der Waals surface area (Å²) in [5.41, 5.74) is 10.7. The largest absolute Gasteiger partial charge is 0.462 e. The summed E-state index contributed by atoms with van der Waals surface area (Å²) in [5, 5.41) is 19.1. The molecule has 3 atom stereocenters. The summed E-state index contributed by atoms with van der Waals surface area (Å²) in [6, 6.07) is -0.853. The van der Waals surface area contributed by atoms with Crippen molar-refractivity contribution >= 4 is 33.6 Å². The third-order valence-electron chi connectivity index (χ3n) is 3.96. The highest BCUT2D eigenvalue weighted by atomic mass is 32.1. The van der Waals surface area contributed by atoms with Crippen molar-refractivity contribution in [2.75, 3.05) is 18.9 Å². The molecule has 7 N–H and O–H groups in total. The molecule has 2 aromatic rings. The lowest BCUT2D eigenvalue weighted by atomic mass is 10.1. The van der Waals surface area contributed by atoms with Gasteiger partial charge in [0.25, 0.3) is 5.56 Å². The summed E-state index contributed by atoms with van der Waals surface area (Å²) >= 11 is 0.657. The van der Waals surface area contributed by atoms with Gasteiger partial charge in [-0.25, -0.2) is 0 Å². The Hall–Kier alpha value is -2.32. The van der Waals surface area contributed by atoms with E-state index in [2.05, 4.69) is 9.97 Å². The molecule has 0 aliphatic rings. The lowest BCUT2D eigenvalue weighted by Crippen LogP contribution is -2.42. The van der Waals surface area contributed by atoms with Crippen molar-refractivity contribution in [1.29, 1.82) is 0 Å². The average molecular weight is 417 g/mol. The Morgan fingerprint density at radius 3 is 2.68 bits per heavy atom. The number of H-pyrrole nitrogens is 1. The van der Waals surface area contributed by atoms with Gasteiger partial charge >= 0.3 is 10.8 Å². The molecule has 0 aromatic carbocycles. The number of hydrogen-bond acceptors (Lipinski definition) is 11. The van der Waals surface area contributed by atoms with Gasteiger partial charge < -0.3 is 31.2 Å². The number of nitrogens with zero attached hydrogens (tertiary/aromatic N) is 2. The van der Waals surface area contributed by atoms with Crippen molar-refractivity contribution in [2.45, 2.75) is 38.8 Å². The SMILES string of the molecule is CC(C)[C@H](N)C(=O)OC[C@@H](OCn1c(=O)sc2c(=O)[nH]c(N)nc21)[C@@H](O)CO. The van der Waals surface area contributed by atoms with Crippen LogP contribution in [0.3, 0.4) is 0 Å². The van der Waals surface area contributed by atoms with E-state index in [0.717, 1.165) is 4.57 Å². The predicted octanol–water partition coefficient (Wildman–Crippen LogP) is -2.05. The van der Waals surface area contributed by atoms with E-state index < -0.39 is 54.6 Å². The number of nitrogens with one attached hydrogen (secondary N) is 1. The number of rotatable bonds is 9. The summed E-state index contributed by atoms with van der Waals surface area (Å²) < 4.78 is 11.6. The summed E-state index contributed by atoms with van der Waals surface area (Å²) in [6.07, 6.45) is -2.53. The zero-order valence-electron chi connectivity index (χ0n) is 15.3. The van der Waals surface area contributed by atoms with Crippen molar-refractivity contribution in [3.63, 3.8) is 0 Å². The number of carbonyl (C=O) groups is 1. The van der Waals surface area contributed by atoms with Gasteiger partial charge in [0.15, 0.2) is 5.65 Å². The zero-order valence-corrected chi connectivity index (χ0v) is 16.1. The Labute approximate surface area is 162 Å². The first kappa shape index (κ1) is 22.0. The molecule has 0 aliphatic heterocycles. The number of carbonyl (C=O) groups excluding carboxylic acids is 1. The normalized spacial score (nSPS) is 14.9. The van der Waals surface area contributed by atoms with Crippen LogP contribution in [0.5, 0.6) is 0 Å². The molecule has 0 radical (unpaired) electrons. The van der Waals surface area contributed by atoms with E-state index in [1.165, 1.54) is 0 Å². The first-order chi connectivity index (χ1) is 13.1. The molecule has 2 rings (SSSR count). The lowest BCUT2D eigenvalue weighted by Gasteiger charge is -2.23. The molecule has 0 fully saturated rings. The Kier molecular flexibility index (Phi) is 7.26. The number of thiazole rings is 1. The minimum atomic E-state index is -1.38. The maximum atomic E-state index is 12.1. The van der Waals surface area contributed by atoms with E-state index in [1.54, 1.807) is 13.8 Å². The van der Waals surface area contributed by atoms with Gasteiger partial charge in [0.1, 0.15) is 36.3 Å². The van der Waals surface area contributed by atoms with Gasteiger partial charge in [-0.1, -0.05) is 25.2 Å². The van der Waals surface area contributed by atoms with Crippen molar-refractivity contribution in [3.05, 3.63) is 20.0 Å². The van der Waals surface area contributed by atoms with Crippen molar-refractivity contribution in [1.82, 2.24) is 14.5 Å². The number of esters is 1. The van der Waals surface area contributed by atoms with Gasteiger partial charge in [0, 0.05) is 0 Å². The standard InChI is InChI=1S/C15H23N5O7S/c1-6(2)9(16)13(24)26-4-8(7(22)3-21)27-5-20-11-10(28-15(20)25)12(23)19-14(17)18-11/h6-9,21-22H,3-5,16H2,1-2H3,(H3,17,18,19,23)/t7-,8+,9-/m0/s1. The third kappa shape index (κ3) is 4.94. The van der Waals surface area contributed by atoms with E-state index in [4.69, 9.17) is 20.9 Å². The molecule has 0 bridgehead atoms. The first-order valence-corrected chi connectivity index (χ1v) is 9.19. The van der Waals surface area contributed by atoms with Gasteiger partial charge in [0.05, 0.1) is 6.61 Å². The number of nitrogen functional groups attached to an aromatic ring is 1. The summed E-state index contributed by atoms with van der Waals surface area (Å²) in [7, 11) is 0. The smallest absolute Gasteiger partial charge is 0.323 e. The molecule has 2 heterocycles. The fourth-order valence-electron chi connectivity index (χ4n) is 2.18. The van der Waals surface area contributed by atoms with E-state index in [-0.39, 0.29) is 22.2 Å². The third-order valence-corrected chi connectivity index (χ3v) is 4.92. The van der Waals surface area contributed by atoms with Crippen LogP contribution in [0, 0.1) is 5.92 Å².